The third-order valence-corrected chi connectivity index (χ3v) is 1.57. The number of rotatable bonds is 3. The summed E-state index contributed by atoms with van der Waals surface area (Å²) in [6, 6.07) is 3.60. The highest BCUT2D eigenvalue weighted by atomic mass is 16.1. The van der Waals surface area contributed by atoms with E-state index in [9.17, 15) is 4.79 Å². The zero-order chi connectivity index (χ0) is 10.4. The molecule has 0 saturated heterocycles. The molecule has 0 unspecified atom stereocenters. The van der Waals surface area contributed by atoms with Crippen molar-refractivity contribution in [2.75, 3.05) is 12.3 Å². The van der Waals surface area contributed by atoms with Crippen LogP contribution in [0.4, 0.5) is 5.69 Å². The molecule has 0 saturated carbocycles. The zero-order valence-corrected chi connectivity index (χ0v) is 8.03. The fraction of sp³-hybridized carbons (Fsp3) is 0.200. The maximum Gasteiger partial charge on any atom is 0.217 e. The summed E-state index contributed by atoms with van der Waals surface area (Å²) in [7, 11) is 0. The Morgan fingerprint density at radius 3 is 3.00 bits per heavy atom. The van der Waals surface area contributed by atoms with Crippen LogP contribution in [0.15, 0.2) is 24.4 Å². The molecule has 0 aliphatic carbocycles. The van der Waals surface area contributed by atoms with Gasteiger partial charge in [-0.1, -0.05) is 6.08 Å². The minimum atomic E-state index is -0.0417. The number of nitrogens with zero attached hydrogens (tertiary/aromatic N) is 1. The molecule has 0 aromatic carbocycles. The Hall–Kier alpha value is -1.84. The molecule has 3 N–H and O–H groups in total. The lowest BCUT2D eigenvalue weighted by molar-refractivity contribution is -0.118. The van der Waals surface area contributed by atoms with E-state index in [1.165, 1.54) is 6.92 Å². The highest BCUT2D eigenvalue weighted by Gasteiger charge is 1.88. The number of nitrogen functional groups attached to an aromatic ring is 1. The van der Waals surface area contributed by atoms with Crippen LogP contribution in [0.3, 0.4) is 0 Å². The largest absolute Gasteiger partial charge is 0.397 e. The normalized spacial score (nSPS) is 10.4. The molecule has 74 valence electrons. The minimum absolute atomic E-state index is 0.0417. The molecule has 0 fully saturated rings. The topological polar surface area (TPSA) is 68.0 Å². The van der Waals surface area contributed by atoms with Gasteiger partial charge in [0.25, 0.3) is 0 Å². The van der Waals surface area contributed by atoms with Gasteiger partial charge in [-0.15, -0.1) is 0 Å². The Morgan fingerprint density at radius 2 is 2.43 bits per heavy atom. The number of amides is 1. The van der Waals surface area contributed by atoms with Gasteiger partial charge >= 0.3 is 0 Å². The molecule has 4 heteroatoms. The third kappa shape index (κ3) is 3.71. The van der Waals surface area contributed by atoms with Crippen LogP contribution >= 0.6 is 0 Å². The quantitative estimate of drug-likeness (QED) is 0.743. The molecular formula is C10H13N3O. The van der Waals surface area contributed by atoms with Crippen molar-refractivity contribution in [1.29, 1.82) is 0 Å². The monoisotopic (exact) mass is 191 g/mol. The lowest BCUT2D eigenvalue weighted by Crippen LogP contribution is -2.19. The Labute approximate surface area is 82.8 Å². The molecule has 1 amide bonds. The fourth-order valence-corrected chi connectivity index (χ4v) is 0.898. The fourth-order valence-electron chi connectivity index (χ4n) is 0.898. The predicted octanol–water partition coefficient (Wildman–Crippen LogP) is 0.813. The van der Waals surface area contributed by atoms with Crippen molar-refractivity contribution in [2.24, 2.45) is 0 Å². The van der Waals surface area contributed by atoms with Gasteiger partial charge < -0.3 is 11.1 Å². The van der Waals surface area contributed by atoms with Crippen LogP contribution in [0.5, 0.6) is 0 Å². The number of carbonyl (C=O) groups excluding carboxylic acids is 1. The number of nitrogens with two attached hydrogens (primary N) is 1. The van der Waals surface area contributed by atoms with E-state index >= 15 is 0 Å². The maximum absolute atomic E-state index is 10.5. The molecule has 1 aromatic rings. The van der Waals surface area contributed by atoms with Crippen molar-refractivity contribution in [3.63, 3.8) is 0 Å². The Balaban J connectivity index is 2.44. The summed E-state index contributed by atoms with van der Waals surface area (Å²) in [6.45, 7) is 2.00. The average Bonchev–Trinajstić information content (AvgIpc) is 2.15. The summed E-state index contributed by atoms with van der Waals surface area (Å²) in [5.41, 5.74) is 6.94. The Morgan fingerprint density at radius 1 is 1.64 bits per heavy atom. The molecule has 0 spiro atoms. The van der Waals surface area contributed by atoms with Gasteiger partial charge in [0.15, 0.2) is 0 Å². The van der Waals surface area contributed by atoms with Crippen LogP contribution in [-0.4, -0.2) is 17.4 Å². The first kappa shape index (κ1) is 10.2. The number of aromatic nitrogens is 1. The van der Waals surface area contributed by atoms with Crippen LogP contribution in [-0.2, 0) is 4.79 Å². The summed E-state index contributed by atoms with van der Waals surface area (Å²) in [5, 5.41) is 2.65. The van der Waals surface area contributed by atoms with Crippen molar-refractivity contribution in [1.82, 2.24) is 10.3 Å². The van der Waals surface area contributed by atoms with Gasteiger partial charge in [0.2, 0.25) is 5.91 Å². The SMILES string of the molecule is CC(=O)NCC=Cc1ccc(N)cn1. The smallest absolute Gasteiger partial charge is 0.217 e. The van der Waals surface area contributed by atoms with E-state index in [1.54, 1.807) is 12.3 Å². The molecule has 1 aromatic heterocycles. The van der Waals surface area contributed by atoms with Crippen LogP contribution in [0, 0.1) is 0 Å². The lowest BCUT2D eigenvalue weighted by atomic mass is 10.3. The van der Waals surface area contributed by atoms with Crippen molar-refractivity contribution < 1.29 is 4.79 Å². The molecule has 4 nitrogen and oxygen atoms in total. The summed E-state index contributed by atoms with van der Waals surface area (Å²) >= 11 is 0. The molecule has 1 heterocycles. The highest BCUT2D eigenvalue weighted by molar-refractivity contribution is 5.73. The first-order chi connectivity index (χ1) is 6.68. The van der Waals surface area contributed by atoms with E-state index in [4.69, 9.17) is 5.73 Å². The number of nitrogens with one attached hydrogen (secondary N) is 1. The lowest BCUT2D eigenvalue weighted by Gasteiger charge is -1.95. The molecule has 0 radical (unpaired) electrons. The standard InChI is InChI=1S/C10H13N3O/c1-8(14)12-6-2-3-10-5-4-9(11)7-13-10/h2-5,7H,6,11H2,1H3,(H,12,14). The van der Waals surface area contributed by atoms with Crippen molar-refractivity contribution in [3.05, 3.63) is 30.1 Å². The average molecular weight is 191 g/mol. The summed E-state index contributed by atoms with van der Waals surface area (Å²) in [6.07, 6.45) is 5.26. The summed E-state index contributed by atoms with van der Waals surface area (Å²) < 4.78 is 0. The van der Waals surface area contributed by atoms with E-state index in [-0.39, 0.29) is 5.91 Å². The van der Waals surface area contributed by atoms with Gasteiger partial charge in [0.1, 0.15) is 0 Å². The number of carbonyl (C=O) groups is 1. The molecule has 0 bridgehead atoms. The predicted molar refractivity (Wildman–Crippen MR) is 56.4 cm³/mol. The van der Waals surface area contributed by atoms with Crippen LogP contribution in [0.25, 0.3) is 6.08 Å². The van der Waals surface area contributed by atoms with Gasteiger partial charge in [-0.05, 0) is 18.2 Å². The first-order valence-corrected chi connectivity index (χ1v) is 4.31. The molecule has 0 atom stereocenters. The van der Waals surface area contributed by atoms with E-state index in [2.05, 4.69) is 10.3 Å². The third-order valence-electron chi connectivity index (χ3n) is 1.57. The van der Waals surface area contributed by atoms with Gasteiger partial charge in [-0.3, -0.25) is 9.78 Å². The van der Waals surface area contributed by atoms with Crippen molar-refractivity contribution >= 4 is 17.7 Å². The molecule has 0 aliphatic rings. The summed E-state index contributed by atoms with van der Waals surface area (Å²) in [5.74, 6) is -0.0417. The van der Waals surface area contributed by atoms with E-state index < -0.39 is 0 Å². The molecule has 0 aliphatic heterocycles. The van der Waals surface area contributed by atoms with Crippen molar-refractivity contribution in [3.8, 4) is 0 Å². The Kier molecular flexibility index (Phi) is 3.67. The zero-order valence-electron chi connectivity index (χ0n) is 8.03. The maximum atomic E-state index is 10.5. The number of anilines is 1. The van der Waals surface area contributed by atoms with Gasteiger partial charge in [0, 0.05) is 13.5 Å². The first-order valence-electron chi connectivity index (χ1n) is 4.31. The van der Waals surface area contributed by atoms with Gasteiger partial charge in [-0.2, -0.15) is 0 Å². The van der Waals surface area contributed by atoms with Gasteiger partial charge in [0.05, 0.1) is 17.6 Å². The van der Waals surface area contributed by atoms with Crippen molar-refractivity contribution in [2.45, 2.75) is 6.92 Å². The second kappa shape index (κ2) is 5.01. The van der Waals surface area contributed by atoms with Crippen LogP contribution in [0.2, 0.25) is 0 Å². The Bertz CT molecular complexity index is 330. The number of pyridine rings is 1. The second-order valence-corrected chi connectivity index (χ2v) is 2.86. The molecule has 1 rings (SSSR count). The van der Waals surface area contributed by atoms with E-state index in [0.717, 1.165) is 5.69 Å². The van der Waals surface area contributed by atoms with Gasteiger partial charge in [-0.25, -0.2) is 0 Å². The van der Waals surface area contributed by atoms with E-state index in [0.29, 0.717) is 12.2 Å². The van der Waals surface area contributed by atoms with Crippen LogP contribution < -0.4 is 11.1 Å². The second-order valence-electron chi connectivity index (χ2n) is 2.86. The number of hydrogen-bond acceptors (Lipinski definition) is 3. The minimum Gasteiger partial charge on any atom is -0.397 e. The summed E-state index contributed by atoms with van der Waals surface area (Å²) in [4.78, 5) is 14.6. The molecular weight excluding hydrogens is 178 g/mol. The highest BCUT2D eigenvalue weighted by Crippen LogP contribution is 2.02. The number of hydrogen-bond donors (Lipinski definition) is 2. The van der Waals surface area contributed by atoms with E-state index in [1.807, 2.05) is 18.2 Å². The van der Waals surface area contributed by atoms with Crippen LogP contribution in [0.1, 0.15) is 12.6 Å². The molecule has 14 heavy (non-hydrogen) atoms.